The number of thiol groups is 2. The summed E-state index contributed by atoms with van der Waals surface area (Å²) in [5, 5.41) is 118. The number of carbonyl (C=O) groups is 15. The maximum Gasteiger partial charge on any atom is 0.335 e. The number of amides is 3. The molecule has 0 aromatic rings. The molecule has 6 saturated heterocycles. The Hall–Kier alpha value is -7.78. The second-order valence-corrected chi connectivity index (χ2v) is 32.7. The number of rotatable bonds is 55. The fourth-order valence-electron chi connectivity index (χ4n) is 13.5. The van der Waals surface area contributed by atoms with Crippen LogP contribution in [0.25, 0.3) is 0 Å². The molecular weight excluding hydrogens is 1850 g/mol. The molecule has 3 amide bonds. The second kappa shape index (κ2) is 57.3. The SMILES string of the molecule is CCC(=O)OCCOC(=O)CCC(=O)OCC1O[C@@H](O[C@H]2C(C(=O)O)OC(OO[C@H]3C[C@H](NC(C)=O)[C@H](O[C@H]4C(C(=O)O)OC(C)C(O)[C@H]4O)OC3COC(=O)CCC(=O)OCCOC(=O)CCSCCC(=O)OCC(CC)(COC(=O)CCS)COC(=O)CCS)[C@H](O)C2O)[C@@H](NC(C)=O)C[C@@H]1OOC1OC(C(=O)O)[C@H](O[C@@H]2O[C@@H](CO)[C@@H](OOC)C[C@@H]2NC(C)=O)C(O)[C@H]1O. The molecule has 0 spiro atoms. The Morgan fingerprint density at radius 1 is 0.386 bits per heavy atom. The van der Waals surface area contributed by atoms with Crippen molar-refractivity contribution in [2.45, 2.75) is 291 Å². The zero-order chi connectivity index (χ0) is 97.6. The van der Waals surface area contributed by atoms with Crippen LogP contribution in [-0.2, 0) is 187 Å². The zero-order valence-corrected chi connectivity index (χ0v) is 75.5. The van der Waals surface area contributed by atoms with Crippen molar-refractivity contribution < 1.29 is 238 Å². The van der Waals surface area contributed by atoms with Crippen molar-refractivity contribution in [3.8, 4) is 0 Å². The standard InChI is InChI=1S/C77H117N3O49S3/c1-8-48(85)107-18-19-108-49(86)10-12-51(88)112-31-47-44(127-128-75-61(98)59(96)64(67(123-75)70(102)103)121-72-39(78-36(4)82)26-42(125-106-7)45(29-81)117-72)28-41(80-38(6)84)74(119-47)122-65-60(97)62(99)76(124-68(65)71(104)105)129-126-43-27-40(79-37(5)83)73(120-63-58(95)57(94)35(3)116-66(63)69(100)101)118-46(43)30-111-52(89)13-11-50(87)109-20-21-110-55(92)16-24-132-25-17-56(93)115-34-77(9-2,32-113-53(90)14-22-130)33-114-54(91)15-23-131/h35,39-47,57-68,72-76,81,94-99,130-131H,8-34H2,1-7H3,(H,78,82)(H,79,83)(H,80,84)(H,100,101)(H,102,103)(H,104,105)/t35?,39-,40-,41-,42-,43-,44-,45-,46?,47?,57?,58+,59?,60?,61+,62+,63+,64+,65+,66?,67?,68?,72-,73-,74-,75?,76?/m0/s1. The minimum Gasteiger partial charge on any atom is -0.479 e. The molecule has 55 heteroatoms. The lowest BCUT2D eigenvalue weighted by atomic mass is 9.88. The highest BCUT2D eigenvalue weighted by Crippen LogP contribution is 2.37. The zero-order valence-electron chi connectivity index (χ0n) is 72.9. The molecule has 0 radical (unpaired) electrons. The van der Waals surface area contributed by atoms with Gasteiger partial charge in [0.1, 0.15) is 151 Å². The van der Waals surface area contributed by atoms with E-state index in [2.05, 4.69) is 41.2 Å². The van der Waals surface area contributed by atoms with E-state index in [4.69, 9.17) is 115 Å². The number of thioether (sulfide) groups is 1. The van der Waals surface area contributed by atoms with Gasteiger partial charge in [0.25, 0.3) is 0 Å². The Balaban J connectivity index is 1.13. The molecule has 6 aliphatic rings. The molecular formula is C77H117N3O49S3. The van der Waals surface area contributed by atoms with E-state index in [1.807, 2.05) is 0 Å². The number of carbonyl (C=O) groups excluding carboxylic acids is 12. The number of esters is 9. The van der Waals surface area contributed by atoms with Crippen LogP contribution in [0.2, 0.25) is 0 Å². The van der Waals surface area contributed by atoms with E-state index >= 15 is 0 Å². The maximum atomic E-state index is 13.4. The topological polar surface area (TPSA) is 716 Å². The summed E-state index contributed by atoms with van der Waals surface area (Å²) in [6.07, 6.45) is -51.5. The van der Waals surface area contributed by atoms with Crippen molar-refractivity contribution in [3.63, 3.8) is 0 Å². The van der Waals surface area contributed by atoms with Crippen LogP contribution >= 0.6 is 37.0 Å². The highest BCUT2D eigenvalue weighted by molar-refractivity contribution is 7.99. The molecule has 52 nitrogen and oxygen atoms in total. The number of hydrogen-bond acceptors (Lipinski definition) is 49. The van der Waals surface area contributed by atoms with Crippen molar-refractivity contribution in [2.75, 3.05) is 96.2 Å². The summed E-state index contributed by atoms with van der Waals surface area (Å²) in [6, 6.07) is -4.32. The van der Waals surface area contributed by atoms with Crippen LogP contribution in [0.1, 0.15) is 125 Å². The number of aliphatic carboxylic acids is 3. The first-order valence-corrected chi connectivity index (χ1v) is 44.2. The molecule has 6 aliphatic heterocycles. The second-order valence-electron chi connectivity index (χ2n) is 30.6. The van der Waals surface area contributed by atoms with E-state index in [-0.39, 0.29) is 88.0 Å². The van der Waals surface area contributed by atoms with Crippen LogP contribution in [0.4, 0.5) is 0 Å². The van der Waals surface area contributed by atoms with E-state index in [0.29, 0.717) is 6.42 Å². The smallest absolute Gasteiger partial charge is 0.335 e. The van der Waals surface area contributed by atoms with Gasteiger partial charge in [-0.3, -0.25) is 57.5 Å². The maximum absolute atomic E-state index is 13.4. The van der Waals surface area contributed by atoms with Crippen LogP contribution < -0.4 is 16.0 Å². The van der Waals surface area contributed by atoms with E-state index in [9.17, 15) is 123 Å². The number of hydrogen-bond donors (Lipinski definition) is 15. The van der Waals surface area contributed by atoms with E-state index < -0.39 is 338 Å². The number of ether oxygens (including phenoxy) is 18. The molecule has 752 valence electrons. The third-order valence-corrected chi connectivity index (χ3v) is 22.0. The van der Waals surface area contributed by atoms with Gasteiger partial charge in [-0.2, -0.15) is 37.0 Å². The van der Waals surface area contributed by atoms with Crippen LogP contribution in [0.15, 0.2) is 0 Å². The highest BCUT2D eigenvalue weighted by Gasteiger charge is 2.57. The molecule has 6 fully saturated rings. The summed E-state index contributed by atoms with van der Waals surface area (Å²) in [6.45, 7) is 2.72. The normalized spacial score (nSPS) is 30.6. The van der Waals surface area contributed by atoms with Gasteiger partial charge >= 0.3 is 71.6 Å². The van der Waals surface area contributed by atoms with Crippen LogP contribution in [-0.4, -0.2) is 402 Å². The lowest BCUT2D eigenvalue weighted by Crippen LogP contribution is -2.65. The van der Waals surface area contributed by atoms with Gasteiger partial charge in [-0.05, 0) is 13.3 Å². The summed E-state index contributed by atoms with van der Waals surface area (Å²) in [5.74, 6) is -14.2. The van der Waals surface area contributed by atoms with Gasteiger partial charge in [0.15, 0.2) is 37.2 Å². The van der Waals surface area contributed by atoms with Gasteiger partial charge in [-0.1, -0.05) is 13.8 Å². The Bertz CT molecular complexity index is 3720. The van der Waals surface area contributed by atoms with Crippen molar-refractivity contribution in [1.82, 2.24) is 16.0 Å². The van der Waals surface area contributed by atoms with E-state index in [1.165, 1.54) is 25.6 Å². The van der Waals surface area contributed by atoms with Crippen LogP contribution in [0.5, 0.6) is 0 Å². The van der Waals surface area contributed by atoms with Crippen LogP contribution in [0.3, 0.4) is 0 Å². The number of aliphatic hydroxyl groups is 7. The Kier molecular flexibility index (Phi) is 49.0. The third-order valence-electron chi connectivity index (χ3n) is 20.5. The predicted octanol–water partition coefficient (Wildman–Crippen LogP) is -5.36. The fraction of sp³-hybridized carbons (Fsp3) is 0.805. The van der Waals surface area contributed by atoms with Gasteiger partial charge in [0.2, 0.25) is 30.3 Å². The van der Waals surface area contributed by atoms with E-state index in [0.717, 1.165) is 27.9 Å². The van der Waals surface area contributed by atoms with E-state index in [1.54, 1.807) is 6.92 Å². The van der Waals surface area contributed by atoms with Gasteiger partial charge in [0.05, 0.1) is 94.7 Å². The molecule has 0 saturated carbocycles. The average molecular weight is 1960 g/mol. The number of carboxylic acid groups (broad SMARTS) is 3. The summed E-state index contributed by atoms with van der Waals surface area (Å²) in [4.78, 5) is 222. The molecule has 0 bridgehead atoms. The largest absolute Gasteiger partial charge is 0.479 e. The van der Waals surface area contributed by atoms with Crippen molar-refractivity contribution >= 4 is 126 Å². The minimum absolute atomic E-state index is 0.0236. The Labute approximate surface area is 768 Å². The highest BCUT2D eigenvalue weighted by atomic mass is 32.2. The van der Waals surface area contributed by atoms with Crippen LogP contribution in [0, 0.1) is 5.41 Å². The predicted molar refractivity (Wildman–Crippen MR) is 432 cm³/mol. The lowest BCUT2D eigenvalue weighted by Gasteiger charge is -2.46. The molecule has 0 aromatic carbocycles. The molecule has 0 aliphatic carbocycles. The van der Waals surface area contributed by atoms with Crippen molar-refractivity contribution in [2.24, 2.45) is 5.41 Å². The monoisotopic (exact) mass is 1960 g/mol. The average Bonchev–Trinajstić information content (AvgIpc) is 0.786. The summed E-state index contributed by atoms with van der Waals surface area (Å²) in [5.41, 5.74) is -1.04. The summed E-state index contributed by atoms with van der Waals surface area (Å²) >= 11 is 9.26. The Morgan fingerprint density at radius 2 is 0.705 bits per heavy atom. The van der Waals surface area contributed by atoms with Gasteiger partial charge in [0, 0.05) is 69.5 Å². The first-order chi connectivity index (χ1) is 62.7. The van der Waals surface area contributed by atoms with Crippen molar-refractivity contribution in [1.29, 1.82) is 0 Å². The van der Waals surface area contributed by atoms with Crippen molar-refractivity contribution in [3.05, 3.63) is 0 Å². The number of carboxylic acids is 3. The molecule has 13 N–H and O–H groups in total. The Morgan fingerprint density at radius 3 is 1.04 bits per heavy atom. The molecule has 132 heavy (non-hydrogen) atoms. The number of nitrogens with one attached hydrogen (secondary N) is 3. The first kappa shape index (κ1) is 113. The summed E-state index contributed by atoms with van der Waals surface area (Å²) in [7, 11) is 1.15. The molecule has 6 rings (SSSR count). The fourth-order valence-corrected chi connectivity index (χ4v) is 14.7. The van der Waals surface area contributed by atoms with Gasteiger partial charge < -0.3 is 152 Å². The first-order valence-electron chi connectivity index (χ1n) is 41.8. The quantitative estimate of drug-likeness (QED) is 0.00675. The molecule has 6 heterocycles. The van der Waals surface area contributed by atoms with Gasteiger partial charge in [-0.15, -0.1) is 0 Å². The molecule has 0 aromatic heterocycles. The third kappa shape index (κ3) is 36.4. The van der Waals surface area contributed by atoms with Gasteiger partial charge in [-0.25, -0.2) is 43.7 Å². The number of aliphatic hydroxyl groups excluding tert-OH is 7. The lowest BCUT2D eigenvalue weighted by molar-refractivity contribution is -0.461. The summed E-state index contributed by atoms with van der Waals surface area (Å²) < 4.78 is 99.7. The molecule has 11 unspecified atom stereocenters. The molecule has 27 atom stereocenters. The minimum atomic E-state index is -2.50.